The van der Waals surface area contributed by atoms with Gasteiger partial charge >= 0.3 is 0 Å². The highest BCUT2D eigenvalue weighted by Gasteiger charge is 2.24. The van der Waals surface area contributed by atoms with Crippen LogP contribution >= 0.6 is 23.2 Å². The average molecular weight is 477 g/mol. The van der Waals surface area contributed by atoms with Crippen LogP contribution in [0.1, 0.15) is 50.8 Å². The number of carbonyl (C=O) groups excluding carboxylic acids is 1. The molecule has 1 saturated heterocycles. The Morgan fingerprint density at radius 3 is 1.88 bits per heavy atom. The number of piperazine rings is 1. The lowest BCUT2D eigenvalue weighted by atomic mass is 9.91. The van der Waals surface area contributed by atoms with Gasteiger partial charge in [0.15, 0.2) is 0 Å². The fourth-order valence-electron chi connectivity index (χ4n) is 3.94. The molecule has 0 unspecified atom stereocenters. The second-order valence-electron chi connectivity index (χ2n) is 9.67. The standard InChI is InChI=1S/C26H34Cl2N2O2/c1-26(2,3)19-24(31)30-16-14-29(15-17-30)13-4-18-32-25(20-5-9-22(27)10-6-20)21-7-11-23(28)12-8-21/h5-12,25H,4,13-19H2,1-3H3. The number of halogens is 2. The van der Waals surface area contributed by atoms with E-state index in [0.29, 0.717) is 23.1 Å². The van der Waals surface area contributed by atoms with Gasteiger partial charge in [-0.15, -0.1) is 0 Å². The van der Waals surface area contributed by atoms with Crippen LogP contribution in [0.15, 0.2) is 48.5 Å². The zero-order chi connectivity index (χ0) is 23.1. The molecular formula is C26H34Cl2N2O2. The molecule has 0 saturated carbocycles. The Balaban J connectivity index is 1.48. The summed E-state index contributed by atoms with van der Waals surface area (Å²) in [6, 6.07) is 15.6. The molecule has 0 aromatic heterocycles. The van der Waals surface area contributed by atoms with E-state index in [1.54, 1.807) is 0 Å². The van der Waals surface area contributed by atoms with E-state index < -0.39 is 0 Å². The molecule has 32 heavy (non-hydrogen) atoms. The maximum Gasteiger partial charge on any atom is 0.223 e. The first-order chi connectivity index (χ1) is 15.2. The highest BCUT2D eigenvalue weighted by atomic mass is 35.5. The summed E-state index contributed by atoms with van der Waals surface area (Å²) < 4.78 is 6.32. The summed E-state index contributed by atoms with van der Waals surface area (Å²) in [5.74, 6) is 0.272. The summed E-state index contributed by atoms with van der Waals surface area (Å²) in [7, 11) is 0. The molecule has 0 spiro atoms. The topological polar surface area (TPSA) is 32.8 Å². The third-order valence-corrected chi connectivity index (χ3v) is 6.16. The summed E-state index contributed by atoms with van der Waals surface area (Å²) in [6.07, 6.45) is 1.39. The predicted molar refractivity (Wildman–Crippen MR) is 132 cm³/mol. The Bertz CT molecular complexity index is 809. The van der Waals surface area contributed by atoms with E-state index in [9.17, 15) is 4.79 Å². The van der Waals surface area contributed by atoms with Crippen molar-refractivity contribution in [3.63, 3.8) is 0 Å². The number of ether oxygens (including phenoxy) is 1. The van der Waals surface area contributed by atoms with Gasteiger partial charge in [-0.25, -0.2) is 0 Å². The second kappa shape index (κ2) is 11.5. The van der Waals surface area contributed by atoms with Crippen molar-refractivity contribution in [2.24, 2.45) is 5.41 Å². The van der Waals surface area contributed by atoms with Gasteiger partial charge in [0.05, 0.1) is 0 Å². The first-order valence-corrected chi connectivity index (χ1v) is 12.1. The van der Waals surface area contributed by atoms with Crippen molar-refractivity contribution >= 4 is 29.1 Å². The van der Waals surface area contributed by atoms with Crippen molar-refractivity contribution in [3.8, 4) is 0 Å². The highest BCUT2D eigenvalue weighted by molar-refractivity contribution is 6.30. The van der Waals surface area contributed by atoms with Crippen molar-refractivity contribution < 1.29 is 9.53 Å². The lowest BCUT2D eigenvalue weighted by Crippen LogP contribution is -2.49. The molecule has 174 valence electrons. The van der Waals surface area contributed by atoms with Crippen molar-refractivity contribution in [1.29, 1.82) is 0 Å². The molecule has 0 N–H and O–H groups in total. The van der Waals surface area contributed by atoms with Gasteiger partial charge in [-0.1, -0.05) is 68.2 Å². The van der Waals surface area contributed by atoms with Crippen LogP contribution in [-0.4, -0.2) is 55.0 Å². The average Bonchev–Trinajstić information content (AvgIpc) is 2.75. The van der Waals surface area contributed by atoms with E-state index >= 15 is 0 Å². The summed E-state index contributed by atoms with van der Waals surface area (Å²) in [5.41, 5.74) is 2.18. The summed E-state index contributed by atoms with van der Waals surface area (Å²) in [4.78, 5) is 16.9. The number of carbonyl (C=O) groups is 1. The Morgan fingerprint density at radius 2 is 1.41 bits per heavy atom. The molecule has 6 heteroatoms. The molecule has 1 fully saturated rings. The third kappa shape index (κ3) is 7.77. The number of hydrogen-bond acceptors (Lipinski definition) is 3. The van der Waals surface area contributed by atoms with Gasteiger partial charge in [0, 0.05) is 55.8 Å². The molecule has 1 aliphatic rings. The largest absolute Gasteiger partial charge is 0.369 e. The van der Waals surface area contributed by atoms with Crippen LogP contribution in [0, 0.1) is 5.41 Å². The quantitative estimate of drug-likeness (QED) is 0.433. The Morgan fingerprint density at radius 1 is 0.906 bits per heavy atom. The van der Waals surface area contributed by atoms with Gasteiger partial charge in [0.1, 0.15) is 6.10 Å². The first-order valence-electron chi connectivity index (χ1n) is 11.3. The minimum atomic E-state index is -0.156. The second-order valence-corrected chi connectivity index (χ2v) is 10.5. The molecule has 1 amide bonds. The maximum atomic E-state index is 12.4. The summed E-state index contributed by atoms with van der Waals surface area (Å²) >= 11 is 12.1. The van der Waals surface area contributed by atoms with E-state index in [0.717, 1.165) is 50.3 Å². The molecule has 0 atom stereocenters. The van der Waals surface area contributed by atoms with Crippen molar-refractivity contribution in [2.45, 2.75) is 39.7 Å². The van der Waals surface area contributed by atoms with Crippen LogP contribution in [0.25, 0.3) is 0 Å². The molecule has 2 aromatic rings. The van der Waals surface area contributed by atoms with E-state index in [1.807, 2.05) is 53.4 Å². The van der Waals surface area contributed by atoms with Crippen molar-refractivity contribution in [1.82, 2.24) is 9.80 Å². The molecule has 2 aromatic carbocycles. The number of benzene rings is 2. The van der Waals surface area contributed by atoms with Gasteiger partial charge in [-0.2, -0.15) is 0 Å². The van der Waals surface area contributed by atoms with Gasteiger partial charge in [-0.3, -0.25) is 9.69 Å². The summed E-state index contributed by atoms with van der Waals surface area (Å²) in [6.45, 7) is 11.4. The van der Waals surface area contributed by atoms with Gasteiger partial charge < -0.3 is 9.64 Å². The van der Waals surface area contributed by atoms with Crippen molar-refractivity contribution in [2.75, 3.05) is 39.3 Å². The zero-order valence-corrected chi connectivity index (χ0v) is 20.8. The maximum absolute atomic E-state index is 12.4. The van der Waals surface area contributed by atoms with Crippen LogP contribution in [-0.2, 0) is 9.53 Å². The third-order valence-electron chi connectivity index (χ3n) is 5.66. The van der Waals surface area contributed by atoms with E-state index in [1.165, 1.54) is 0 Å². The minimum Gasteiger partial charge on any atom is -0.369 e. The van der Waals surface area contributed by atoms with Crippen LogP contribution in [0.5, 0.6) is 0 Å². The number of amides is 1. The van der Waals surface area contributed by atoms with Gasteiger partial charge in [0.25, 0.3) is 0 Å². The fraction of sp³-hybridized carbons (Fsp3) is 0.500. The van der Waals surface area contributed by atoms with Crippen LogP contribution in [0.3, 0.4) is 0 Å². The highest BCUT2D eigenvalue weighted by Crippen LogP contribution is 2.28. The van der Waals surface area contributed by atoms with E-state index in [4.69, 9.17) is 27.9 Å². The lowest BCUT2D eigenvalue weighted by molar-refractivity contribution is -0.134. The molecule has 3 rings (SSSR count). The first kappa shape index (κ1) is 25.0. The Labute approximate surface area is 202 Å². The molecule has 0 bridgehead atoms. The molecular weight excluding hydrogens is 443 g/mol. The van der Waals surface area contributed by atoms with Crippen molar-refractivity contribution in [3.05, 3.63) is 69.7 Å². The Kier molecular flexibility index (Phi) is 9.01. The Hall–Kier alpha value is -1.59. The molecule has 4 nitrogen and oxygen atoms in total. The number of nitrogens with zero attached hydrogens (tertiary/aromatic N) is 2. The number of hydrogen-bond donors (Lipinski definition) is 0. The monoisotopic (exact) mass is 476 g/mol. The lowest BCUT2D eigenvalue weighted by Gasteiger charge is -2.36. The molecule has 1 heterocycles. The van der Waals surface area contributed by atoms with Crippen LogP contribution < -0.4 is 0 Å². The normalized spacial score (nSPS) is 15.4. The fourth-order valence-corrected chi connectivity index (χ4v) is 4.19. The molecule has 0 radical (unpaired) electrons. The van der Waals surface area contributed by atoms with Gasteiger partial charge in [-0.05, 0) is 47.2 Å². The summed E-state index contributed by atoms with van der Waals surface area (Å²) in [5, 5.41) is 1.42. The number of rotatable bonds is 8. The van der Waals surface area contributed by atoms with E-state index in [-0.39, 0.29) is 17.4 Å². The zero-order valence-electron chi connectivity index (χ0n) is 19.3. The molecule has 1 aliphatic heterocycles. The predicted octanol–water partition coefficient (Wildman–Crippen LogP) is 6.07. The van der Waals surface area contributed by atoms with Gasteiger partial charge in [0.2, 0.25) is 5.91 Å². The molecule has 0 aliphatic carbocycles. The van der Waals surface area contributed by atoms with Crippen LogP contribution in [0.2, 0.25) is 10.0 Å². The smallest absolute Gasteiger partial charge is 0.223 e. The van der Waals surface area contributed by atoms with Crippen LogP contribution in [0.4, 0.5) is 0 Å². The minimum absolute atomic E-state index is 0.0380. The SMILES string of the molecule is CC(C)(C)CC(=O)N1CCN(CCCOC(c2ccc(Cl)cc2)c2ccc(Cl)cc2)CC1. The van der Waals surface area contributed by atoms with E-state index in [2.05, 4.69) is 25.7 Å².